The van der Waals surface area contributed by atoms with Crippen LogP contribution in [0.15, 0.2) is 4.47 Å². The first-order valence-electron chi connectivity index (χ1n) is 5.99. The molecule has 0 saturated carbocycles. The van der Waals surface area contributed by atoms with E-state index in [9.17, 15) is 0 Å². The highest BCUT2D eigenvalue weighted by molar-refractivity contribution is 9.10. The van der Waals surface area contributed by atoms with Crippen LogP contribution in [0, 0.1) is 0 Å². The van der Waals surface area contributed by atoms with Gasteiger partial charge in [0.25, 0.3) is 0 Å². The van der Waals surface area contributed by atoms with Crippen LogP contribution in [-0.4, -0.2) is 29.1 Å². The summed E-state index contributed by atoms with van der Waals surface area (Å²) in [7, 11) is 1.94. The maximum absolute atomic E-state index is 5.73. The Kier molecular flexibility index (Phi) is 6.16. The summed E-state index contributed by atoms with van der Waals surface area (Å²) in [6.07, 6.45) is 1.02. The number of rotatable bonds is 7. The van der Waals surface area contributed by atoms with Crippen molar-refractivity contribution >= 4 is 15.9 Å². The minimum absolute atomic E-state index is 0.0989. The Balaban J connectivity index is 2.54. The molecule has 0 spiro atoms. The highest BCUT2D eigenvalue weighted by Gasteiger charge is 2.13. The quantitative estimate of drug-likeness (QED) is 0.777. The van der Waals surface area contributed by atoms with E-state index in [0.717, 1.165) is 28.9 Å². The molecule has 17 heavy (non-hydrogen) atoms. The lowest BCUT2D eigenvalue weighted by molar-refractivity contribution is -0.0138. The van der Waals surface area contributed by atoms with Crippen molar-refractivity contribution in [1.82, 2.24) is 9.78 Å². The summed E-state index contributed by atoms with van der Waals surface area (Å²) in [5.41, 5.74) is 2.15. The molecule has 1 unspecified atom stereocenters. The van der Waals surface area contributed by atoms with Crippen LogP contribution < -0.4 is 0 Å². The summed E-state index contributed by atoms with van der Waals surface area (Å²) in [5, 5.41) is 4.43. The van der Waals surface area contributed by atoms with Crippen molar-refractivity contribution in [3.05, 3.63) is 15.9 Å². The average Bonchev–Trinajstić information content (AvgIpc) is 2.59. The third-order valence-corrected chi connectivity index (χ3v) is 3.48. The monoisotopic (exact) mass is 304 g/mol. The SMILES string of the molecule is CCOCC(C)OCc1c(Br)c(CC)nn1C. The molecule has 0 aromatic carbocycles. The van der Waals surface area contributed by atoms with Crippen LogP contribution in [0.3, 0.4) is 0 Å². The molecule has 98 valence electrons. The van der Waals surface area contributed by atoms with Crippen molar-refractivity contribution in [2.75, 3.05) is 13.2 Å². The Morgan fingerprint density at radius 2 is 2.12 bits per heavy atom. The first-order valence-corrected chi connectivity index (χ1v) is 6.79. The van der Waals surface area contributed by atoms with Gasteiger partial charge in [-0.1, -0.05) is 6.92 Å². The fraction of sp³-hybridized carbons (Fsp3) is 0.750. The molecular weight excluding hydrogens is 284 g/mol. The summed E-state index contributed by atoms with van der Waals surface area (Å²) < 4.78 is 14.0. The van der Waals surface area contributed by atoms with Crippen LogP contribution in [0.2, 0.25) is 0 Å². The molecule has 5 heteroatoms. The summed E-state index contributed by atoms with van der Waals surface area (Å²) in [6, 6.07) is 0. The number of aryl methyl sites for hydroxylation is 2. The Morgan fingerprint density at radius 1 is 1.41 bits per heavy atom. The number of nitrogens with zero attached hydrogens (tertiary/aromatic N) is 2. The molecular formula is C12H21BrN2O2. The van der Waals surface area contributed by atoms with Crippen LogP contribution in [0.5, 0.6) is 0 Å². The van der Waals surface area contributed by atoms with E-state index in [4.69, 9.17) is 9.47 Å². The minimum atomic E-state index is 0.0989. The molecule has 0 radical (unpaired) electrons. The van der Waals surface area contributed by atoms with Crippen molar-refractivity contribution in [3.63, 3.8) is 0 Å². The molecule has 4 nitrogen and oxygen atoms in total. The molecule has 0 fully saturated rings. The largest absolute Gasteiger partial charge is 0.379 e. The maximum atomic E-state index is 5.73. The Labute approximate surface area is 111 Å². The third kappa shape index (κ3) is 4.08. The van der Waals surface area contributed by atoms with E-state index >= 15 is 0 Å². The van der Waals surface area contributed by atoms with Gasteiger partial charge in [0, 0.05) is 13.7 Å². The first-order chi connectivity index (χ1) is 8.10. The molecule has 0 aliphatic carbocycles. The normalized spacial score (nSPS) is 13.0. The summed E-state index contributed by atoms with van der Waals surface area (Å²) in [5.74, 6) is 0. The Bertz CT molecular complexity index is 353. The molecule has 0 bridgehead atoms. The molecule has 0 amide bonds. The van der Waals surface area contributed by atoms with Gasteiger partial charge >= 0.3 is 0 Å². The fourth-order valence-corrected chi connectivity index (χ4v) is 2.26. The molecule has 1 aromatic rings. The van der Waals surface area contributed by atoms with E-state index in [0.29, 0.717) is 13.2 Å². The zero-order chi connectivity index (χ0) is 12.8. The smallest absolute Gasteiger partial charge is 0.0901 e. The van der Waals surface area contributed by atoms with Crippen molar-refractivity contribution in [2.45, 2.75) is 39.9 Å². The number of hydrogen-bond acceptors (Lipinski definition) is 3. The molecule has 1 rings (SSSR count). The molecule has 1 aromatic heterocycles. The molecule has 0 aliphatic heterocycles. The zero-order valence-electron chi connectivity index (χ0n) is 11.0. The van der Waals surface area contributed by atoms with Gasteiger partial charge in [0.1, 0.15) is 0 Å². The highest BCUT2D eigenvalue weighted by Crippen LogP contribution is 2.22. The summed E-state index contributed by atoms with van der Waals surface area (Å²) >= 11 is 3.57. The van der Waals surface area contributed by atoms with Crippen molar-refractivity contribution < 1.29 is 9.47 Å². The van der Waals surface area contributed by atoms with Crippen molar-refractivity contribution in [1.29, 1.82) is 0 Å². The molecule has 1 heterocycles. The highest BCUT2D eigenvalue weighted by atomic mass is 79.9. The van der Waals surface area contributed by atoms with Gasteiger partial charge in [0.2, 0.25) is 0 Å². The number of ether oxygens (including phenoxy) is 2. The Morgan fingerprint density at radius 3 is 2.65 bits per heavy atom. The van der Waals surface area contributed by atoms with Crippen LogP contribution in [-0.2, 0) is 29.5 Å². The van der Waals surface area contributed by atoms with E-state index in [-0.39, 0.29) is 6.10 Å². The third-order valence-electron chi connectivity index (χ3n) is 2.56. The number of aromatic nitrogens is 2. The summed E-state index contributed by atoms with van der Waals surface area (Å²) in [4.78, 5) is 0. The van der Waals surface area contributed by atoms with Gasteiger partial charge in [-0.05, 0) is 36.2 Å². The topological polar surface area (TPSA) is 36.3 Å². The lowest BCUT2D eigenvalue weighted by Gasteiger charge is -2.13. The number of hydrogen-bond donors (Lipinski definition) is 0. The first kappa shape index (κ1) is 14.7. The van der Waals surface area contributed by atoms with Gasteiger partial charge in [0.05, 0.1) is 35.2 Å². The van der Waals surface area contributed by atoms with E-state index in [2.05, 4.69) is 28.0 Å². The zero-order valence-corrected chi connectivity index (χ0v) is 12.6. The van der Waals surface area contributed by atoms with Crippen LogP contribution in [0.4, 0.5) is 0 Å². The van der Waals surface area contributed by atoms with Gasteiger partial charge in [-0.25, -0.2) is 0 Å². The van der Waals surface area contributed by atoms with Crippen LogP contribution in [0.25, 0.3) is 0 Å². The summed E-state index contributed by atoms with van der Waals surface area (Å²) in [6.45, 7) is 8.00. The van der Waals surface area contributed by atoms with Crippen molar-refractivity contribution in [3.8, 4) is 0 Å². The van der Waals surface area contributed by atoms with Gasteiger partial charge in [-0.2, -0.15) is 5.10 Å². The lowest BCUT2D eigenvalue weighted by atomic mass is 10.3. The van der Waals surface area contributed by atoms with E-state index in [1.165, 1.54) is 0 Å². The predicted octanol–water partition coefficient (Wildman–Crippen LogP) is 2.69. The van der Waals surface area contributed by atoms with E-state index in [1.54, 1.807) is 0 Å². The second kappa shape index (κ2) is 7.13. The molecule has 1 atom stereocenters. The van der Waals surface area contributed by atoms with Crippen LogP contribution >= 0.6 is 15.9 Å². The van der Waals surface area contributed by atoms with Gasteiger partial charge in [-0.3, -0.25) is 4.68 Å². The molecule has 0 aliphatic rings. The molecule has 0 saturated heterocycles. The minimum Gasteiger partial charge on any atom is -0.379 e. The second-order valence-electron chi connectivity index (χ2n) is 3.97. The van der Waals surface area contributed by atoms with Crippen LogP contribution in [0.1, 0.15) is 32.2 Å². The van der Waals surface area contributed by atoms with E-state index < -0.39 is 0 Å². The maximum Gasteiger partial charge on any atom is 0.0901 e. The van der Waals surface area contributed by atoms with Crippen molar-refractivity contribution in [2.24, 2.45) is 7.05 Å². The van der Waals surface area contributed by atoms with Gasteiger partial charge in [0.15, 0.2) is 0 Å². The predicted molar refractivity (Wildman–Crippen MR) is 71.0 cm³/mol. The lowest BCUT2D eigenvalue weighted by Crippen LogP contribution is -2.16. The second-order valence-corrected chi connectivity index (χ2v) is 4.76. The average molecular weight is 305 g/mol. The Hall–Kier alpha value is -0.390. The standard InChI is InChI=1S/C12H21BrN2O2/c1-5-10-12(13)11(15(4)14-10)8-17-9(3)7-16-6-2/h9H,5-8H2,1-4H3. The fourth-order valence-electron chi connectivity index (χ4n) is 1.53. The van der Waals surface area contributed by atoms with E-state index in [1.807, 2.05) is 25.6 Å². The molecule has 0 N–H and O–H groups in total. The number of halogens is 1. The van der Waals surface area contributed by atoms with Gasteiger partial charge in [-0.15, -0.1) is 0 Å². The van der Waals surface area contributed by atoms with Gasteiger partial charge < -0.3 is 9.47 Å².